The van der Waals surface area contributed by atoms with Gasteiger partial charge in [0.1, 0.15) is 5.75 Å². The van der Waals surface area contributed by atoms with Crippen LogP contribution in [0, 0.1) is 32.7 Å². The molecule has 0 atom stereocenters. The van der Waals surface area contributed by atoms with Gasteiger partial charge >= 0.3 is 0 Å². The van der Waals surface area contributed by atoms with Gasteiger partial charge in [-0.1, -0.05) is 63.3 Å². The van der Waals surface area contributed by atoms with E-state index in [9.17, 15) is 22.0 Å². The molecule has 35 heavy (non-hydrogen) atoms. The van der Waals surface area contributed by atoms with Crippen molar-refractivity contribution in [2.24, 2.45) is 0 Å². The maximum Gasteiger partial charge on any atom is 0.200 e. The molecule has 0 saturated carbocycles. The Morgan fingerprint density at radius 2 is 1.17 bits per heavy atom. The molecule has 0 aliphatic rings. The van der Waals surface area contributed by atoms with Crippen molar-refractivity contribution < 1.29 is 26.7 Å². The number of ether oxygens (including phenoxy) is 1. The van der Waals surface area contributed by atoms with Crippen molar-refractivity contribution in [3.63, 3.8) is 0 Å². The van der Waals surface area contributed by atoms with Crippen LogP contribution in [-0.2, 0) is 0 Å². The molecular weight excluding hydrogens is 576 g/mol. The number of pyridine rings is 1. The van der Waals surface area contributed by atoms with Gasteiger partial charge in [0.2, 0.25) is 5.82 Å². The van der Waals surface area contributed by atoms with Crippen LogP contribution in [0.4, 0.5) is 22.0 Å². The van der Waals surface area contributed by atoms with E-state index < -0.39 is 32.7 Å². The number of nitrogens with zero attached hydrogens (tertiary/aromatic N) is 1. The molecule has 0 aliphatic carbocycles. The average Bonchev–Trinajstić information content (AvgIpc) is 2.89. The molecule has 0 N–H and O–H groups in total. The Balaban J connectivity index is 0.000000303. The summed E-state index contributed by atoms with van der Waals surface area (Å²) in [5, 5.41) is 0. The van der Waals surface area contributed by atoms with Crippen molar-refractivity contribution in [2.45, 2.75) is 45.4 Å². The van der Waals surface area contributed by atoms with Gasteiger partial charge < -0.3 is 4.74 Å². The maximum absolute atomic E-state index is 12.4. The van der Waals surface area contributed by atoms with Crippen LogP contribution >= 0.6 is 22.6 Å². The average molecular weight is 603 g/mol. The van der Waals surface area contributed by atoms with Gasteiger partial charge in [-0.05, 0) is 64.4 Å². The molecule has 3 aromatic rings. The van der Waals surface area contributed by atoms with Crippen LogP contribution in [-0.4, -0.2) is 11.6 Å². The van der Waals surface area contributed by atoms with Gasteiger partial charge in [0.05, 0.1) is 10.2 Å². The number of halogens is 6. The number of rotatable bonds is 10. The number of unbranched alkanes of at least 4 members (excludes halogenated alkanes) is 5. The molecule has 0 aliphatic heterocycles. The third-order valence-electron chi connectivity index (χ3n) is 4.98. The van der Waals surface area contributed by atoms with Crippen LogP contribution in [0.15, 0.2) is 48.8 Å². The molecule has 0 amide bonds. The lowest BCUT2D eigenvalue weighted by Crippen LogP contribution is -2.03. The van der Waals surface area contributed by atoms with Gasteiger partial charge in [-0.3, -0.25) is 4.98 Å². The van der Waals surface area contributed by atoms with E-state index in [4.69, 9.17) is 4.74 Å². The summed E-state index contributed by atoms with van der Waals surface area (Å²) in [5.74, 6) is -8.61. The Bertz CT molecular complexity index is 970. The van der Waals surface area contributed by atoms with Crippen LogP contribution in [0.1, 0.15) is 56.6 Å². The van der Waals surface area contributed by atoms with Crippen molar-refractivity contribution in [1.82, 2.24) is 4.98 Å². The van der Waals surface area contributed by atoms with E-state index in [2.05, 4.69) is 36.2 Å². The Labute approximate surface area is 216 Å². The minimum absolute atomic E-state index is 0.818. The normalized spacial score (nSPS) is 10.8. The van der Waals surface area contributed by atoms with Crippen LogP contribution in [0.5, 0.6) is 5.75 Å². The molecule has 3 rings (SSSR count). The number of aromatic nitrogens is 1. The monoisotopic (exact) mass is 603 g/mol. The fourth-order valence-corrected chi connectivity index (χ4v) is 3.47. The highest BCUT2D eigenvalue weighted by atomic mass is 127. The van der Waals surface area contributed by atoms with E-state index >= 15 is 0 Å². The highest BCUT2D eigenvalue weighted by molar-refractivity contribution is 14.1. The largest absolute Gasteiger partial charge is 0.494 e. The zero-order valence-corrected chi connectivity index (χ0v) is 21.5. The summed E-state index contributed by atoms with van der Waals surface area (Å²) in [6.45, 7) is 3.07. The van der Waals surface area contributed by atoms with Crippen LogP contribution in [0.2, 0.25) is 0 Å². The summed E-state index contributed by atoms with van der Waals surface area (Å²) in [4.78, 5) is 4.02. The minimum Gasteiger partial charge on any atom is -0.494 e. The van der Waals surface area contributed by atoms with Crippen molar-refractivity contribution in [2.75, 3.05) is 6.61 Å². The molecule has 0 saturated heterocycles. The number of hydrogen-bond donors (Lipinski definition) is 0. The molecule has 188 valence electrons. The van der Waals surface area contributed by atoms with E-state index in [1.165, 1.54) is 37.7 Å². The second kappa shape index (κ2) is 15.5. The standard InChI is InChI=1S/C21H27NO.C6F5I/c1-2-3-4-5-6-7-18-23-21-12-10-19(11-13-21)8-9-20-14-16-22-17-15-20;7-1-2(8)4(10)6(12)5(11)3(1)9/h8-17H,2-7,18H2,1H3;/b9-8+;. The summed E-state index contributed by atoms with van der Waals surface area (Å²) in [7, 11) is 0. The second-order valence-corrected chi connectivity index (χ2v) is 8.76. The highest BCUT2D eigenvalue weighted by Gasteiger charge is 2.23. The molecule has 0 fully saturated rings. The molecule has 0 unspecified atom stereocenters. The predicted octanol–water partition coefficient (Wildman–Crippen LogP) is 8.98. The lowest BCUT2D eigenvalue weighted by molar-refractivity contribution is 0.304. The highest BCUT2D eigenvalue weighted by Crippen LogP contribution is 2.23. The van der Waals surface area contributed by atoms with Crippen LogP contribution < -0.4 is 4.74 Å². The van der Waals surface area contributed by atoms with Gasteiger partial charge in [0.15, 0.2) is 23.3 Å². The molecular formula is C27H27F5INO. The van der Waals surface area contributed by atoms with Crippen LogP contribution in [0.25, 0.3) is 12.2 Å². The molecule has 1 heterocycles. The molecule has 1 aromatic heterocycles. The fourth-order valence-electron chi connectivity index (χ4n) is 2.99. The Kier molecular flexibility index (Phi) is 12.7. The zero-order chi connectivity index (χ0) is 25.6. The van der Waals surface area contributed by atoms with Crippen LogP contribution in [0.3, 0.4) is 0 Å². The summed E-state index contributed by atoms with van der Waals surface area (Å²) in [6.07, 6.45) is 15.6. The Morgan fingerprint density at radius 1 is 0.686 bits per heavy atom. The molecule has 0 radical (unpaired) electrons. The van der Waals surface area contributed by atoms with E-state index in [1.54, 1.807) is 12.4 Å². The van der Waals surface area contributed by atoms with E-state index in [-0.39, 0.29) is 0 Å². The SMILES string of the molecule is CCCCCCCCOc1ccc(/C=C/c2ccncc2)cc1.Fc1c(F)c(F)c(I)c(F)c1F. The number of hydrogen-bond acceptors (Lipinski definition) is 2. The molecule has 0 bridgehead atoms. The van der Waals surface area contributed by atoms with Gasteiger partial charge in [0, 0.05) is 12.4 Å². The molecule has 8 heteroatoms. The van der Waals surface area contributed by atoms with Gasteiger partial charge in [-0.15, -0.1) is 0 Å². The van der Waals surface area contributed by atoms with Crippen molar-refractivity contribution in [1.29, 1.82) is 0 Å². The minimum atomic E-state index is -2.13. The van der Waals surface area contributed by atoms with Crippen molar-refractivity contribution in [3.05, 3.63) is 92.6 Å². The maximum atomic E-state index is 12.4. The third-order valence-corrected chi connectivity index (χ3v) is 5.92. The van der Waals surface area contributed by atoms with E-state index in [0.29, 0.717) is 0 Å². The first-order valence-corrected chi connectivity index (χ1v) is 12.4. The summed E-state index contributed by atoms with van der Waals surface area (Å²) in [5.41, 5.74) is 2.33. The van der Waals surface area contributed by atoms with E-state index in [0.717, 1.165) is 46.9 Å². The first-order chi connectivity index (χ1) is 16.8. The Hall–Kier alpha value is -2.49. The molecule has 0 spiro atoms. The van der Waals surface area contributed by atoms with Gasteiger partial charge in [0.25, 0.3) is 0 Å². The zero-order valence-electron chi connectivity index (χ0n) is 19.3. The topological polar surface area (TPSA) is 22.1 Å². The summed E-state index contributed by atoms with van der Waals surface area (Å²) in [6, 6.07) is 12.3. The predicted molar refractivity (Wildman–Crippen MR) is 137 cm³/mol. The smallest absolute Gasteiger partial charge is 0.200 e. The lowest BCUT2D eigenvalue weighted by Gasteiger charge is -2.06. The summed E-state index contributed by atoms with van der Waals surface area (Å²) < 4.78 is 66.4. The van der Waals surface area contributed by atoms with Crippen molar-refractivity contribution in [3.8, 4) is 5.75 Å². The third kappa shape index (κ3) is 9.58. The summed E-state index contributed by atoms with van der Waals surface area (Å²) >= 11 is 1.04. The fraction of sp³-hybridized carbons (Fsp3) is 0.296. The quantitative estimate of drug-likeness (QED) is 0.0759. The molecule has 2 nitrogen and oxygen atoms in total. The van der Waals surface area contributed by atoms with Gasteiger partial charge in [-0.25, -0.2) is 22.0 Å². The number of benzene rings is 2. The molecule has 2 aromatic carbocycles. The first-order valence-electron chi connectivity index (χ1n) is 11.3. The first kappa shape index (κ1) is 28.7. The second-order valence-electron chi connectivity index (χ2n) is 7.68. The van der Waals surface area contributed by atoms with Gasteiger partial charge in [-0.2, -0.15) is 0 Å². The Morgan fingerprint density at radius 3 is 1.74 bits per heavy atom. The van der Waals surface area contributed by atoms with E-state index in [1.807, 2.05) is 24.3 Å². The van der Waals surface area contributed by atoms with Crippen molar-refractivity contribution >= 4 is 34.7 Å². The lowest BCUT2D eigenvalue weighted by atomic mass is 10.1.